The smallest absolute Gasteiger partial charge is 0.0489 e. The number of ether oxygens (including phenoxy) is 1. The summed E-state index contributed by atoms with van der Waals surface area (Å²) < 4.78 is 5.41. The first-order valence-electron chi connectivity index (χ1n) is 6.48. The molecule has 3 heteroatoms. The van der Waals surface area contributed by atoms with Gasteiger partial charge in [-0.2, -0.15) is 0 Å². The predicted octanol–water partition coefficient (Wildman–Crippen LogP) is 2.18. The molecule has 17 heavy (non-hydrogen) atoms. The maximum absolute atomic E-state index is 5.74. The fourth-order valence-electron chi connectivity index (χ4n) is 2.56. The summed E-state index contributed by atoms with van der Waals surface area (Å²) in [4.78, 5) is 0. The van der Waals surface area contributed by atoms with Crippen LogP contribution in [0, 0.1) is 5.92 Å². The van der Waals surface area contributed by atoms with Crippen molar-refractivity contribution in [3.8, 4) is 0 Å². The van der Waals surface area contributed by atoms with Gasteiger partial charge < -0.3 is 4.74 Å². The molecule has 1 fully saturated rings. The van der Waals surface area contributed by atoms with Gasteiger partial charge in [0.05, 0.1) is 0 Å². The lowest BCUT2D eigenvalue weighted by molar-refractivity contribution is 0.0536. The third kappa shape index (κ3) is 3.06. The van der Waals surface area contributed by atoms with Crippen LogP contribution in [0.2, 0.25) is 0 Å². The molecule has 3 nitrogen and oxygen atoms in total. The molecule has 1 heterocycles. The van der Waals surface area contributed by atoms with Gasteiger partial charge in [-0.1, -0.05) is 31.2 Å². The van der Waals surface area contributed by atoms with Crippen LogP contribution in [0.15, 0.2) is 24.3 Å². The Kier molecular flexibility index (Phi) is 4.54. The number of aryl methyl sites for hydroxylation is 1. The summed E-state index contributed by atoms with van der Waals surface area (Å²) in [6, 6.07) is 8.98. The van der Waals surface area contributed by atoms with Gasteiger partial charge in [-0.25, -0.2) is 0 Å². The van der Waals surface area contributed by atoms with Crippen LogP contribution in [-0.4, -0.2) is 13.2 Å². The van der Waals surface area contributed by atoms with Crippen LogP contribution < -0.4 is 11.3 Å². The van der Waals surface area contributed by atoms with E-state index in [9.17, 15) is 0 Å². The lowest BCUT2D eigenvalue weighted by atomic mass is 9.87. The highest BCUT2D eigenvalue weighted by Crippen LogP contribution is 2.29. The molecule has 0 bridgehead atoms. The fourth-order valence-corrected chi connectivity index (χ4v) is 2.56. The second-order valence-electron chi connectivity index (χ2n) is 4.69. The van der Waals surface area contributed by atoms with Gasteiger partial charge in [-0.3, -0.25) is 11.3 Å². The topological polar surface area (TPSA) is 47.3 Å². The van der Waals surface area contributed by atoms with Gasteiger partial charge in [0, 0.05) is 19.3 Å². The Morgan fingerprint density at radius 2 is 2.18 bits per heavy atom. The van der Waals surface area contributed by atoms with Crippen molar-refractivity contribution < 1.29 is 4.74 Å². The molecule has 94 valence electrons. The van der Waals surface area contributed by atoms with Gasteiger partial charge in [0.1, 0.15) is 0 Å². The number of benzene rings is 1. The molecule has 1 saturated heterocycles. The molecular formula is C14H22N2O. The first kappa shape index (κ1) is 12.6. The SMILES string of the molecule is CCc1cccc(C(NN)C2CCOCC2)c1. The molecule has 1 aromatic rings. The number of nitrogens with one attached hydrogen (secondary N) is 1. The van der Waals surface area contributed by atoms with Gasteiger partial charge >= 0.3 is 0 Å². The van der Waals surface area contributed by atoms with Gasteiger partial charge in [0.15, 0.2) is 0 Å². The van der Waals surface area contributed by atoms with E-state index in [4.69, 9.17) is 10.6 Å². The van der Waals surface area contributed by atoms with Crippen LogP contribution >= 0.6 is 0 Å². The fraction of sp³-hybridized carbons (Fsp3) is 0.571. The average Bonchev–Trinajstić information content (AvgIpc) is 2.41. The van der Waals surface area contributed by atoms with Gasteiger partial charge in [0.2, 0.25) is 0 Å². The van der Waals surface area contributed by atoms with Crippen molar-refractivity contribution in [1.29, 1.82) is 0 Å². The van der Waals surface area contributed by atoms with Crippen molar-refractivity contribution in [3.05, 3.63) is 35.4 Å². The Morgan fingerprint density at radius 1 is 1.41 bits per heavy atom. The number of hydrogen-bond acceptors (Lipinski definition) is 3. The first-order chi connectivity index (χ1) is 8.35. The average molecular weight is 234 g/mol. The highest BCUT2D eigenvalue weighted by Gasteiger charge is 2.24. The second-order valence-corrected chi connectivity index (χ2v) is 4.69. The zero-order valence-electron chi connectivity index (χ0n) is 10.5. The molecule has 1 aromatic carbocycles. The summed E-state index contributed by atoms with van der Waals surface area (Å²) in [6.07, 6.45) is 3.25. The Labute approximate surface area is 103 Å². The van der Waals surface area contributed by atoms with Crippen LogP contribution in [0.1, 0.15) is 36.9 Å². The maximum atomic E-state index is 5.74. The van der Waals surface area contributed by atoms with Crippen molar-refractivity contribution in [3.63, 3.8) is 0 Å². The summed E-state index contributed by atoms with van der Waals surface area (Å²) in [6.45, 7) is 3.89. The van der Waals surface area contributed by atoms with E-state index in [1.165, 1.54) is 11.1 Å². The largest absolute Gasteiger partial charge is 0.381 e. The van der Waals surface area contributed by atoms with E-state index in [-0.39, 0.29) is 6.04 Å². The number of hydrazine groups is 1. The van der Waals surface area contributed by atoms with Crippen molar-refractivity contribution in [1.82, 2.24) is 5.43 Å². The highest BCUT2D eigenvalue weighted by atomic mass is 16.5. The van der Waals surface area contributed by atoms with Crippen LogP contribution in [-0.2, 0) is 11.2 Å². The summed E-state index contributed by atoms with van der Waals surface area (Å²) >= 11 is 0. The zero-order chi connectivity index (χ0) is 12.1. The van der Waals surface area contributed by atoms with E-state index in [1.807, 2.05) is 0 Å². The molecule has 0 aliphatic carbocycles. The Hall–Kier alpha value is -0.900. The molecule has 1 atom stereocenters. The standard InChI is InChI=1S/C14H22N2O/c1-2-11-4-3-5-13(10-11)14(16-15)12-6-8-17-9-7-12/h3-5,10,12,14,16H,2,6-9,15H2,1H3. The normalized spacial score (nSPS) is 19.2. The van der Waals surface area contributed by atoms with E-state index >= 15 is 0 Å². The molecule has 2 rings (SSSR count). The molecule has 0 spiro atoms. The molecule has 0 amide bonds. The quantitative estimate of drug-likeness (QED) is 0.620. The van der Waals surface area contributed by atoms with Crippen LogP contribution in [0.3, 0.4) is 0 Å². The molecule has 1 unspecified atom stereocenters. The molecule has 3 N–H and O–H groups in total. The molecule has 0 radical (unpaired) electrons. The van der Waals surface area contributed by atoms with Crippen molar-refractivity contribution in [2.45, 2.75) is 32.2 Å². The Bertz CT molecular complexity index is 348. The van der Waals surface area contributed by atoms with Crippen LogP contribution in [0.4, 0.5) is 0 Å². The van der Waals surface area contributed by atoms with E-state index in [2.05, 4.69) is 36.6 Å². The Balaban J connectivity index is 2.15. The summed E-state index contributed by atoms with van der Waals surface area (Å²) in [5, 5.41) is 0. The molecule has 1 aliphatic heterocycles. The minimum Gasteiger partial charge on any atom is -0.381 e. The summed E-state index contributed by atoms with van der Waals surface area (Å²) in [7, 11) is 0. The van der Waals surface area contributed by atoms with Crippen molar-refractivity contribution in [2.24, 2.45) is 11.8 Å². The van der Waals surface area contributed by atoms with Gasteiger partial charge in [-0.05, 0) is 36.3 Å². The monoisotopic (exact) mass is 234 g/mol. The second kappa shape index (κ2) is 6.15. The highest BCUT2D eigenvalue weighted by molar-refractivity contribution is 5.26. The van der Waals surface area contributed by atoms with E-state index in [0.717, 1.165) is 32.5 Å². The third-order valence-electron chi connectivity index (χ3n) is 3.64. The van der Waals surface area contributed by atoms with Crippen LogP contribution in [0.25, 0.3) is 0 Å². The number of rotatable bonds is 4. The molecular weight excluding hydrogens is 212 g/mol. The van der Waals surface area contributed by atoms with Gasteiger partial charge in [0.25, 0.3) is 0 Å². The van der Waals surface area contributed by atoms with Crippen molar-refractivity contribution >= 4 is 0 Å². The lowest BCUT2D eigenvalue weighted by Gasteiger charge is -2.30. The molecule has 1 aliphatic rings. The van der Waals surface area contributed by atoms with E-state index in [0.29, 0.717) is 5.92 Å². The number of nitrogens with two attached hydrogens (primary N) is 1. The van der Waals surface area contributed by atoms with Gasteiger partial charge in [-0.15, -0.1) is 0 Å². The maximum Gasteiger partial charge on any atom is 0.0489 e. The zero-order valence-corrected chi connectivity index (χ0v) is 10.5. The summed E-state index contributed by atoms with van der Waals surface area (Å²) in [5.41, 5.74) is 5.66. The van der Waals surface area contributed by atoms with Crippen molar-refractivity contribution in [2.75, 3.05) is 13.2 Å². The predicted molar refractivity (Wildman–Crippen MR) is 69.4 cm³/mol. The van der Waals surface area contributed by atoms with E-state index < -0.39 is 0 Å². The lowest BCUT2D eigenvalue weighted by Crippen LogP contribution is -2.36. The van der Waals surface area contributed by atoms with E-state index in [1.54, 1.807) is 0 Å². The van der Waals surface area contributed by atoms with Crippen LogP contribution in [0.5, 0.6) is 0 Å². The summed E-state index contributed by atoms with van der Waals surface area (Å²) in [5.74, 6) is 6.32. The minimum atomic E-state index is 0.255. The number of hydrogen-bond donors (Lipinski definition) is 2. The Morgan fingerprint density at radius 3 is 2.82 bits per heavy atom. The molecule has 0 saturated carbocycles. The minimum absolute atomic E-state index is 0.255. The first-order valence-corrected chi connectivity index (χ1v) is 6.48. The molecule has 0 aromatic heterocycles. The third-order valence-corrected chi connectivity index (χ3v) is 3.64.